The zero-order chi connectivity index (χ0) is 29.9. The van der Waals surface area contributed by atoms with Gasteiger partial charge in [-0.15, -0.1) is 0 Å². The van der Waals surface area contributed by atoms with E-state index in [1.807, 2.05) is 38.4 Å². The molecule has 3 nitrogen and oxygen atoms in total. The number of furan rings is 1. The third-order valence-electron chi connectivity index (χ3n) is 6.53. The lowest BCUT2D eigenvalue weighted by Gasteiger charge is -2.16. The Hall–Kier alpha value is -3.46. The topological polar surface area (TPSA) is 29.9 Å². The van der Waals surface area contributed by atoms with E-state index < -0.39 is 19.1 Å². The van der Waals surface area contributed by atoms with Crippen molar-refractivity contribution in [1.82, 2.24) is 4.98 Å². The maximum atomic E-state index is 8.05. The van der Waals surface area contributed by atoms with E-state index >= 15 is 0 Å². The van der Waals surface area contributed by atoms with Crippen LogP contribution in [0.4, 0.5) is 0 Å². The first-order valence-corrected chi connectivity index (χ1v) is 12.0. The quantitative estimate of drug-likeness (QED) is 0.250. The first-order valence-electron chi connectivity index (χ1n) is 15.0. The van der Waals surface area contributed by atoms with Crippen molar-refractivity contribution >= 4 is 22.1 Å². The van der Waals surface area contributed by atoms with Crippen LogP contribution in [0.5, 0.6) is 0 Å². The van der Waals surface area contributed by atoms with E-state index in [1.54, 1.807) is 6.07 Å². The van der Waals surface area contributed by atoms with Gasteiger partial charge in [0.15, 0.2) is 11.8 Å². The van der Waals surface area contributed by atoms with Crippen molar-refractivity contribution in [2.45, 2.75) is 53.2 Å². The lowest BCUT2D eigenvalue weighted by Crippen LogP contribution is -2.31. The Labute approximate surface area is 216 Å². The number of rotatable bonds is 4. The van der Waals surface area contributed by atoms with Crippen LogP contribution in [0.3, 0.4) is 0 Å². The summed E-state index contributed by atoms with van der Waals surface area (Å²) in [6.45, 7) is 2.08. The molecule has 0 aliphatic rings. The molecule has 2 aromatic carbocycles. The summed E-state index contributed by atoms with van der Waals surface area (Å²) in [4.78, 5) is 4.53. The van der Waals surface area contributed by atoms with Gasteiger partial charge in [-0.1, -0.05) is 70.9 Å². The Morgan fingerprint density at radius 3 is 2.60 bits per heavy atom. The van der Waals surface area contributed by atoms with E-state index in [9.17, 15) is 0 Å². The van der Waals surface area contributed by atoms with Gasteiger partial charge in [-0.2, -0.15) is 0 Å². The van der Waals surface area contributed by atoms with Gasteiger partial charge in [-0.3, -0.25) is 0 Å². The molecule has 0 bridgehead atoms. The number of nitrogens with zero attached hydrogens (tertiary/aromatic N) is 2. The fourth-order valence-corrected chi connectivity index (χ4v) is 4.88. The lowest BCUT2D eigenvalue weighted by atomic mass is 9.91. The maximum Gasteiger partial charge on any atom is 0.227 e. The summed E-state index contributed by atoms with van der Waals surface area (Å²) in [6, 6.07) is 20.0. The van der Waals surface area contributed by atoms with Crippen molar-refractivity contribution < 1.29 is 17.2 Å². The number of hydrogen-bond acceptors (Lipinski definition) is 2. The third kappa shape index (κ3) is 4.25. The Bertz CT molecular complexity index is 1750. The Morgan fingerprint density at radius 2 is 1.83 bits per heavy atom. The molecule has 0 amide bonds. The Morgan fingerprint density at radius 1 is 1.03 bits per heavy atom. The van der Waals surface area contributed by atoms with Crippen LogP contribution in [0.25, 0.3) is 44.5 Å². The van der Waals surface area contributed by atoms with Gasteiger partial charge in [0.05, 0.1) is 11.1 Å². The molecule has 0 saturated carbocycles. The number of hydrogen-bond donors (Lipinski definition) is 0. The minimum absolute atomic E-state index is 0.0461. The van der Waals surface area contributed by atoms with E-state index in [-0.39, 0.29) is 11.4 Å². The SMILES string of the molecule is [2H]C([2H])([2H])C(C)(c1ccc2c(n1)oc1c(-c3c(-c4cccc(CC(C)C)c4)ccc[n+]3C)c(C)ccc12)C([2H])([2H])[2H]. The summed E-state index contributed by atoms with van der Waals surface area (Å²) in [5.41, 5.74) is 4.96. The van der Waals surface area contributed by atoms with E-state index in [0.717, 1.165) is 39.8 Å². The molecule has 0 spiro atoms. The van der Waals surface area contributed by atoms with Crippen LogP contribution in [-0.2, 0) is 18.9 Å². The van der Waals surface area contributed by atoms with Gasteiger partial charge in [0.25, 0.3) is 0 Å². The smallest absolute Gasteiger partial charge is 0.227 e. The van der Waals surface area contributed by atoms with Crippen molar-refractivity contribution in [3.8, 4) is 22.4 Å². The average molecular weight is 470 g/mol. The van der Waals surface area contributed by atoms with Gasteiger partial charge in [-0.05, 0) is 54.2 Å². The first-order chi connectivity index (χ1) is 19.1. The second-order valence-corrected chi connectivity index (χ2v) is 10.1. The highest BCUT2D eigenvalue weighted by atomic mass is 16.3. The summed E-state index contributed by atoms with van der Waals surface area (Å²) in [6.07, 6.45) is 2.99. The Kier molecular flexibility index (Phi) is 4.21. The highest BCUT2D eigenvalue weighted by molar-refractivity contribution is 6.09. The summed E-state index contributed by atoms with van der Waals surface area (Å²) < 4.78 is 56.8. The molecule has 0 fully saturated rings. The predicted molar refractivity (Wildman–Crippen MR) is 146 cm³/mol. The monoisotopic (exact) mass is 469 g/mol. The molecule has 3 heteroatoms. The van der Waals surface area contributed by atoms with Gasteiger partial charge < -0.3 is 4.42 Å². The zero-order valence-electron chi connectivity index (χ0n) is 26.9. The molecular formula is C32H35N2O+. The standard InChI is InChI=1S/C32H35N2O/c1-20(2)18-22-10-8-11-23(19-22)24-12-9-17-34(7)29(24)28-21(3)13-14-25-26-15-16-27(32(4,5)6)33-31(26)35-30(25)28/h8-17,19-20H,18H2,1-7H3/q+1/i4D3,5D3. The lowest BCUT2D eigenvalue weighted by molar-refractivity contribution is -0.659. The van der Waals surface area contributed by atoms with Crippen molar-refractivity contribution in [3.63, 3.8) is 0 Å². The second kappa shape index (κ2) is 8.64. The van der Waals surface area contributed by atoms with Crippen LogP contribution in [0, 0.1) is 12.8 Å². The fourth-order valence-electron chi connectivity index (χ4n) is 4.88. The van der Waals surface area contributed by atoms with Crippen LogP contribution in [0.15, 0.2) is 71.3 Å². The minimum atomic E-state index is -2.80. The van der Waals surface area contributed by atoms with Gasteiger partial charge in [0, 0.05) is 36.2 Å². The van der Waals surface area contributed by atoms with Crippen LogP contribution in [0.2, 0.25) is 0 Å². The van der Waals surface area contributed by atoms with Crippen molar-refractivity contribution in [3.05, 3.63) is 83.7 Å². The van der Waals surface area contributed by atoms with E-state index in [2.05, 4.69) is 53.7 Å². The van der Waals surface area contributed by atoms with Crippen molar-refractivity contribution in [2.75, 3.05) is 0 Å². The fraction of sp³-hybridized carbons (Fsp3) is 0.312. The number of aromatic nitrogens is 2. The highest BCUT2D eigenvalue weighted by Gasteiger charge is 2.26. The van der Waals surface area contributed by atoms with Crippen molar-refractivity contribution in [1.29, 1.82) is 0 Å². The molecule has 0 saturated heterocycles. The number of benzene rings is 2. The molecule has 178 valence electrons. The molecule has 3 heterocycles. The number of pyridine rings is 2. The first kappa shape index (κ1) is 17.0. The third-order valence-corrected chi connectivity index (χ3v) is 6.53. The molecule has 5 rings (SSSR count). The molecule has 0 radical (unpaired) electrons. The van der Waals surface area contributed by atoms with Gasteiger partial charge in [0.2, 0.25) is 11.4 Å². The van der Waals surface area contributed by atoms with Crippen LogP contribution < -0.4 is 4.57 Å². The molecule has 0 aliphatic heterocycles. The molecule has 5 aromatic rings. The molecule has 0 aliphatic carbocycles. The predicted octanol–water partition coefficient (Wildman–Crippen LogP) is 7.94. The van der Waals surface area contributed by atoms with E-state index in [0.29, 0.717) is 16.9 Å². The molecular weight excluding hydrogens is 428 g/mol. The normalized spacial score (nSPS) is 15.5. The summed E-state index contributed by atoms with van der Waals surface area (Å²) in [5.74, 6) is 0.540. The molecule has 0 atom stereocenters. The van der Waals surface area contributed by atoms with E-state index in [4.69, 9.17) is 12.6 Å². The van der Waals surface area contributed by atoms with Crippen LogP contribution >= 0.6 is 0 Å². The van der Waals surface area contributed by atoms with E-state index in [1.165, 1.54) is 18.6 Å². The van der Waals surface area contributed by atoms with Gasteiger partial charge in [-0.25, -0.2) is 9.55 Å². The molecule has 3 aromatic heterocycles. The molecule has 35 heavy (non-hydrogen) atoms. The maximum absolute atomic E-state index is 8.05. The summed E-state index contributed by atoms with van der Waals surface area (Å²) in [7, 11) is 2.01. The summed E-state index contributed by atoms with van der Waals surface area (Å²) >= 11 is 0. The Balaban J connectivity index is 1.77. The molecule has 0 N–H and O–H groups in total. The van der Waals surface area contributed by atoms with Crippen molar-refractivity contribution in [2.24, 2.45) is 13.0 Å². The number of fused-ring (bicyclic) bond motifs is 3. The minimum Gasteiger partial charge on any atom is -0.437 e. The largest absolute Gasteiger partial charge is 0.437 e. The van der Waals surface area contributed by atoms with Crippen LogP contribution in [-0.4, -0.2) is 4.98 Å². The highest BCUT2D eigenvalue weighted by Crippen LogP contribution is 2.40. The van der Waals surface area contributed by atoms with Crippen LogP contribution in [0.1, 0.15) is 59.5 Å². The van der Waals surface area contributed by atoms with Gasteiger partial charge in [0.1, 0.15) is 7.05 Å². The van der Waals surface area contributed by atoms with Gasteiger partial charge >= 0.3 is 0 Å². The molecule has 0 unspecified atom stereocenters. The average Bonchev–Trinajstić information content (AvgIpc) is 3.24. The second-order valence-electron chi connectivity index (χ2n) is 10.1. The summed E-state index contributed by atoms with van der Waals surface area (Å²) in [5, 5.41) is 1.52. The zero-order valence-corrected chi connectivity index (χ0v) is 20.9. The number of aryl methyl sites for hydroxylation is 2.